The van der Waals surface area contributed by atoms with E-state index < -0.39 is 0 Å². The maximum Gasteiger partial charge on any atom is 0.225 e. The second-order valence-corrected chi connectivity index (χ2v) is 8.71. The minimum Gasteiger partial charge on any atom is -0.362 e. The van der Waals surface area contributed by atoms with Gasteiger partial charge in [0, 0.05) is 43.1 Å². The van der Waals surface area contributed by atoms with Crippen LogP contribution >= 0.6 is 11.6 Å². The number of nitrogens with one attached hydrogen (secondary N) is 2. The Labute approximate surface area is 189 Å². The number of anilines is 2. The Morgan fingerprint density at radius 3 is 2.45 bits per heavy atom. The van der Waals surface area contributed by atoms with Crippen LogP contribution in [0.2, 0.25) is 5.02 Å². The van der Waals surface area contributed by atoms with E-state index in [4.69, 9.17) is 21.6 Å². The van der Waals surface area contributed by atoms with Crippen molar-refractivity contribution in [2.24, 2.45) is 0 Å². The zero-order chi connectivity index (χ0) is 21.6. The number of fused-ring (bicyclic) bond motifs is 1. The quantitative estimate of drug-likeness (QED) is 0.522. The molecule has 1 aliphatic carbocycles. The Hall–Kier alpha value is -2.63. The minimum atomic E-state index is 0.410. The Bertz CT molecular complexity index is 1040. The van der Waals surface area contributed by atoms with Crippen LogP contribution in [-0.4, -0.2) is 42.7 Å². The molecule has 1 saturated carbocycles. The number of aromatic nitrogens is 2. The molecule has 1 heterocycles. The Kier molecular flexibility index (Phi) is 7.05. The fraction of sp³-hybridized carbons (Fsp3) is 0.360. The molecule has 31 heavy (non-hydrogen) atoms. The molecule has 1 aromatic heterocycles. The van der Waals surface area contributed by atoms with Gasteiger partial charge >= 0.3 is 0 Å². The summed E-state index contributed by atoms with van der Waals surface area (Å²) in [5.41, 5.74) is 2.04. The molecule has 0 radical (unpaired) electrons. The molecule has 5 nitrogen and oxygen atoms in total. The largest absolute Gasteiger partial charge is 0.362 e. The molecular weight excluding hydrogens is 406 g/mol. The fourth-order valence-corrected chi connectivity index (χ4v) is 4.32. The van der Waals surface area contributed by atoms with Crippen LogP contribution in [0.5, 0.6) is 0 Å². The second kappa shape index (κ2) is 10.1. The van der Waals surface area contributed by atoms with Crippen LogP contribution in [0.3, 0.4) is 0 Å². The van der Waals surface area contributed by atoms with Crippen molar-refractivity contribution in [3.8, 4) is 0 Å². The smallest absolute Gasteiger partial charge is 0.225 e. The van der Waals surface area contributed by atoms with E-state index in [0.717, 1.165) is 65.5 Å². The fourth-order valence-electron chi connectivity index (χ4n) is 4.12. The van der Waals surface area contributed by atoms with Crippen molar-refractivity contribution in [3.63, 3.8) is 0 Å². The Morgan fingerprint density at radius 1 is 0.968 bits per heavy atom. The summed E-state index contributed by atoms with van der Waals surface area (Å²) in [6.45, 7) is 0.855. The number of rotatable bonds is 7. The van der Waals surface area contributed by atoms with Crippen molar-refractivity contribution in [2.75, 3.05) is 30.9 Å². The van der Waals surface area contributed by atoms with Crippen LogP contribution in [0, 0.1) is 0 Å². The van der Waals surface area contributed by atoms with Crippen LogP contribution in [0.15, 0.2) is 54.6 Å². The highest BCUT2D eigenvalue weighted by atomic mass is 35.5. The zero-order valence-corrected chi connectivity index (χ0v) is 18.9. The predicted molar refractivity (Wildman–Crippen MR) is 132 cm³/mol. The lowest BCUT2D eigenvalue weighted by Gasteiger charge is -2.29. The Morgan fingerprint density at radius 2 is 1.68 bits per heavy atom. The number of para-hydroxylation sites is 1. The first kappa shape index (κ1) is 21.6. The van der Waals surface area contributed by atoms with E-state index in [1.165, 1.54) is 0 Å². The summed E-state index contributed by atoms with van der Waals surface area (Å²) in [6, 6.07) is 17.0. The first-order valence-corrected chi connectivity index (χ1v) is 11.3. The molecule has 2 aromatic carbocycles. The summed E-state index contributed by atoms with van der Waals surface area (Å²) in [5.74, 6) is 1.68. The van der Waals surface area contributed by atoms with Gasteiger partial charge in [0.15, 0.2) is 0 Å². The molecule has 4 rings (SSSR count). The van der Waals surface area contributed by atoms with E-state index in [1.807, 2.05) is 61.5 Å². The minimum absolute atomic E-state index is 0.410. The van der Waals surface area contributed by atoms with E-state index in [-0.39, 0.29) is 0 Å². The summed E-state index contributed by atoms with van der Waals surface area (Å²) in [7, 11) is 4.05. The molecule has 1 fully saturated rings. The van der Waals surface area contributed by atoms with Crippen LogP contribution in [0.1, 0.15) is 31.2 Å². The highest BCUT2D eigenvalue weighted by molar-refractivity contribution is 6.32. The molecule has 0 unspecified atom stereocenters. The molecule has 162 valence electrons. The molecule has 6 heteroatoms. The lowest BCUT2D eigenvalue weighted by Crippen LogP contribution is -2.37. The topological polar surface area (TPSA) is 53.1 Å². The van der Waals surface area contributed by atoms with Crippen molar-refractivity contribution in [2.45, 2.75) is 37.8 Å². The number of nitrogens with zero attached hydrogens (tertiary/aromatic N) is 3. The summed E-state index contributed by atoms with van der Waals surface area (Å²) in [4.78, 5) is 11.6. The number of hydrogen-bond acceptors (Lipinski definition) is 5. The van der Waals surface area contributed by atoms with Crippen molar-refractivity contribution >= 4 is 40.3 Å². The van der Waals surface area contributed by atoms with Gasteiger partial charge in [-0.25, -0.2) is 4.98 Å². The summed E-state index contributed by atoms with van der Waals surface area (Å²) < 4.78 is 0. The van der Waals surface area contributed by atoms with Gasteiger partial charge in [-0.15, -0.1) is 0 Å². The SMILES string of the molecule is CN(C)c1nc(NC2CCC(NC/C=C/c3ccccc3Cl)CC2)nc2ccccc12. The number of hydrogen-bond donors (Lipinski definition) is 2. The van der Waals surface area contributed by atoms with Gasteiger partial charge in [0.2, 0.25) is 5.95 Å². The van der Waals surface area contributed by atoms with Gasteiger partial charge in [0.1, 0.15) is 5.82 Å². The van der Waals surface area contributed by atoms with Crippen molar-refractivity contribution in [1.82, 2.24) is 15.3 Å². The van der Waals surface area contributed by atoms with Crippen LogP contribution in [0.4, 0.5) is 11.8 Å². The predicted octanol–water partition coefficient (Wildman–Crippen LogP) is 5.38. The molecule has 0 saturated heterocycles. The van der Waals surface area contributed by atoms with Crippen LogP contribution < -0.4 is 15.5 Å². The van der Waals surface area contributed by atoms with E-state index in [9.17, 15) is 0 Å². The van der Waals surface area contributed by atoms with Gasteiger partial charge in [-0.3, -0.25) is 0 Å². The molecule has 0 amide bonds. The van der Waals surface area contributed by atoms with Crippen LogP contribution in [-0.2, 0) is 0 Å². The molecule has 0 spiro atoms. The van der Waals surface area contributed by atoms with Crippen molar-refractivity contribution in [3.05, 3.63) is 65.2 Å². The normalized spacial score (nSPS) is 19.1. The Balaban J connectivity index is 1.29. The van der Waals surface area contributed by atoms with Gasteiger partial charge in [0.25, 0.3) is 0 Å². The van der Waals surface area contributed by atoms with Gasteiger partial charge in [0.05, 0.1) is 5.52 Å². The van der Waals surface area contributed by atoms with Gasteiger partial charge < -0.3 is 15.5 Å². The summed E-state index contributed by atoms with van der Waals surface area (Å²) >= 11 is 6.20. The van der Waals surface area contributed by atoms with Crippen LogP contribution in [0.25, 0.3) is 17.0 Å². The maximum atomic E-state index is 6.20. The average molecular weight is 436 g/mol. The van der Waals surface area contributed by atoms with Gasteiger partial charge in [-0.1, -0.05) is 54.1 Å². The molecule has 0 bridgehead atoms. The van der Waals surface area contributed by atoms with E-state index in [2.05, 4.69) is 28.9 Å². The van der Waals surface area contributed by atoms with E-state index >= 15 is 0 Å². The van der Waals surface area contributed by atoms with Gasteiger partial charge in [-0.05, 0) is 49.4 Å². The van der Waals surface area contributed by atoms with E-state index in [0.29, 0.717) is 12.1 Å². The summed E-state index contributed by atoms with van der Waals surface area (Å²) in [6.07, 6.45) is 8.75. The standard InChI is InChI=1S/C25H30ClN5/c1-31(2)24-21-10-4-6-12-23(21)29-25(30-24)28-20-15-13-19(14-16-20)27-17-7-9-18-8-3-5-11-22(18)26/h3-12,19-20,27H,13-17H2,1-2H3,(H,28,29,30)/b9-7+. The number of halogens is 1. The number of benzene rings is 2. The molecule has 3 aromatic rings. The highest BCUT2D eigenvalue weighted by Crippen LogP contribution is 2.26. The third kappa shape index (κ3) is 5.54. The van der Waals surface area contributed by atoms with E-state index in [1.54, 1.807) is 0 Å². The molecular formula is C25H30ClN5. The third-order valence-electron chi connectivity index (χ3n) is 5.79. The van der Waals surface area contributed by atoms with Crippen molar-refractivity contribution < 1.29 is 0 Å². The third-order valence-corrected chi connectivity index (χ3v) is 6.14. The maximum absolute atomic E-state index is 6.20. The zero-order valence-electron chi connectivity index (χ0n) is 18.2. The second-order valence-electron chi connectivity index (χ2n) is 8.31. The first-order valence-electron chi connectivity index (χ1n) is 11.0. The first-order chi connectivity index (χ1) is 15.1. The molecule has 2 N–H and O–H groups in total. The molecule has 1 aliphatic rings. The average Bonchev–Trinajstić information content (AvgIpc) is 2.78. The lowest BCUT2D eigenvalue weighted by atomic mass is 9.91. The molecule has 0 atom stereocenters. The monoisotopic (exact) mass is 435 g/mol. The lowest BCUT2D eigenvalue weighted by molar-refractivity contribution is 0.363. The van der Waals surface area contributed by atoms with Crippen molar-refractivity contribution in [1.29, 1.82) is 0 Å². The highest BCUT2D eigenvalue weighted by Gasteiger charge is 2.21. The van der Waals surface area contributed by atoms with Gasteiger partial charge in [-0.2, -0.15) is 4.98 Å². The summed E-state index contributed by atoms with van der Waals surface area (Å²) in [5, 5.41) is 9.10. The molecule has 0 aliphatic heterocycles.